The van der Waals surface area contributed by atoms with E-state index in [9.17, 15) is 9.59 Å². The molecule has 6 nitrogen and oxygen atoms in total. The minimum Gasteiger partial charge on any atom is -0.484 e. The van der Waals surface area contributed by atoms with Crippen LogP contribution in [0.15, 0.2) is 33.5 Å². The van der Waals surface area contributed by atoms with Crippen LogP contribution in [0.25, 0.3) is 11.0 Å². The molecule has 0 N–H and O–H groups in total. The number of hydrogen-bond acceptors (Lipinski definition) is 6. The average Bonchev–Trinajstić information content (AvgIpc) is 2.45. The van der Waals surface area contributed by atoms with Gasteiger partial charge in [0.1, 0.15) is 23.0 Å². The molecule has 0 fully saturated rings. The normalized spacial score (nSPS) is 22.3. The number of esters is 1. The zero-order valence-corrected chi connectivity index (χ0v) is 13.4. The summed E-state index contributed by atoms with van der Waals surface area (Å²) in [4.78, 5) is 23.2. The van der Waals surface area contributed by atoms with E-state index in [0.717, 1.165) is 5.39 Å². The van der Waals surface area contributed by atoms with E-state index in [1.54, 1.807) is 18.2 Å². The van der Waals surface area contributed by atoms with Gasteiger partial charge in [0.05, 0.1) is 5.56 Å². The van der Waals surface area contributed by atoms with Gasteiger partial charge in [-0.05, 0) is 32.0 Å². The highest BCUT2D eigenvalue weighted by Gasteiger charge is 2.47. The molecule has 2 aromatic rings. The van der Waals surface area contributed by atoms with Gasteiger partial charge in [0.25, 0.3) is 0 Å². The van der Waals surface area contributed by atoms with Crippen LogP contribution in [0.5, 0.6) is 5.75 Å². The molecule has 0 unspecified atom stereocenters. The van der Waals surface area contributed by atoms with Gasteiger partial charge in [0, 0.05) is 25.5 Å². The van der Waals surface area contributed by atoms with Crippen LogP contribution in [0, 0.1) is 0 Å². The first kappa shape index (κ1) is 15.6. The summed E-state index contributed by atoms with van der Waals surface area (Å²) >= 11 is 0. The second-order valence-corrected chi connectivity index (χ2v) is 6.04. The number of rotatable bonds is 2. The van der Waals surface area contributed by atoms with Gasteiger partial charge in [-0.2, -0.15) is 0 Å². The van der Waals surface area contributed by atoms with Crippen molar-refractivity contribution in [2.24, 2.45) is 0 Å². The number of ether oxygens (including phenoxy) is 3. The van der Waals surface area contributed by atoms with Crippen LogP contribution in [-0.2, 0) is 14.3 Å². The van der Waals surface area contributed by atoms with Gasteiger partial charge in [0.15, 0.2) is 6.10 Å². The second kappa shape index (κ2) is 5.38. The van der Waals surface area contributed by atoms with Crippen LogP contribution in [0.1, 0.15) is 32.4 Å². The Bertz CT molecular complexity index is 819. The first-order chi connectivity index (χ1) is 10.8. The number of carbonyl (C=O) groups is 1. The summed E-state index contributed by atoms with van der Waals surface area (Å²) in [6, 6.07) is 6.58. The van der Waals surface area contributed by atoms with Gasteiger partial charge in [-0.1, -0.05) is 0 Å². The Morgan fingerprint density at radius 2 is 1.91 bits per heavy atom. The fourth-order valence-corrected chi connectivity index (χ4v) is 3.06. The maximum absolute atomic E-state index is 11.6. The topological polar surface area (TPSA) is 75.0 Å². The lowest BCUT2D eigenvalue weighted by Crippen LogP contribution is -2.50. The summed E-state index contributed by atoms with van der Waals surface area (Å²) < 4.78 is 22.4. The molecule has 2 heterocycles. The van der Waals surface area contributed by atoms with Crippen molar-refractivity contribution >= 4 is 16.9 Å². The highest BCUT2D eigenvalue weighted by molar-refractivity contribution is 5.83. The van der Waals surface area contributed by atoms with E-state index in [1.165, 1.54) is 20.1 Å². The lowest BCUT2D eigenvalue weighted by Gasteiger charge is -2.43. The molecule has 1 aliphatic heterocycles. The first-order valence-corrected chi connectivity index (χ1v) is 7.29. The van der Waals surface area contributed by atoms with Crippen molar-refractivity contribution in [3.05, 3.63) is 40.2 Å². The molecule has 0 amide bonds. The Morgan fingerprint density at radius 1 is 1.22 bits per heavy atom. The van der Waals surface area contributed by atoms with Gasteiger partial charge in [-0.15, -0.1) is 0 Å². The molecule has 0 saturated heterocycles. The van der Waals surface area contributed by atoms with Gasteiger partial charge in [0.2, 0.25) is 0 Å². The van der Waals surface area contributed by atoms with Gasteiger partial charge >= 0.3 is 11.6 Å². The predicted molar refractivity (Wildman–Crippen MR) is 82.5 cm³/mol. The van der Waals surface area contributed by atoms with E-state index >= 15 is 0 Å². The van der Waals surface area contributed by atoms with Crippen molar-refractivity contribution in [1.82, 2.24) is 0 Å². The lowest BCUT2D eigenvalue weighted by molar-refractivity contribution is -0.172. The van der Waals surface area contributed by atoms with Crippen molar-refractivity contribution in [2.45, 2.75) is 38.6 Å². The largest absolute Gasteiger partial charge is 0.484 e. The van der Waals surface area contributed by atoms with Crippen LogP contribution in [0.2, 0.25) is 0 Å². The Kier molecular flexibility index (Phi) is 3.64. The van der Waals surface area contributed by atoms with Gasteiger partial charge in [-0.3, -0.25) is 4.79 Å². The maximum atomic E-state index is 11.6. The average molecular weight is 318 g/mol. The quantitative estimate of drug-likeness (QED) is 0.626. The maximum Gasteiger partial charge on any atom is 0.336 e. The zero-order chi connectivity index (χ0) is 16.8. The highest BCUT2D eigenvalue weighted by Crippen LogP contribution is 2.46. The van der Waals surface area contributed by atoms with Gasteiger partial charge < -0.3 is 18.6 Å². The molecule has 6 heteroatoms. The third kappa shape index (κ3) is 2.59. The summed E-state index contributed by atoms with van der Waals surface area (Å²) in [5, 5.41) is 0.721. The molecule has 0 spiro atoms. The third-order valence-electron chi connectivity index (χ3n) is 3.95. The van der Waals surface area contributed by atoms with Crippen LogP contribution in [0.4, 0.5) is 0 Å². The highest BCUT2D eigenvalue weighted by atomic mass is 16.6. The molecule has 23 heavy (non-hydrogen) atoms. The van der Waals surface area contributed by atoms with E-state index < -0.39 is 29.4 Å². The summed E-state index contributed by atoms with van der Waals surface area (Å²) in [7, 11) is 1.53. The van der Waals surface area contributed by atoms with Gasteiger partial charge in [-0.25, -0.2) is 4.79 Å². The van der Waals surface area contributed by atoms with Crippen LogP contribution >= 0.6 is 0 Å². The molecular formula is C17H18O6. The standard InChI is InChI=1S/C17H18O6/c1-9(18)21-15-13-11(23-17(2,3)16(15)20-4)7-5-10-6-8-12(19)22-14(10)13/h5-8,15-16H,1-4H3/t15-,16+/m0/s1. The minimum absolute atomic E-state index is 0.346. The Morgan fingerprint density at radius 3 is 2.57 bits per heavy atom. The van der Waals surface area contributed by atoms with Crippen LogP contribution in [-0.4, -0.2) is 24.8 Å². The minimum atomic E-state index is -0.731. The van der Waals surface area contributed by atoms with E-state index in [4.69, 9.17) is 18.6 Å². The van der Waals surface area contributed by atoms with E-state index in [1.807, 2.05) is 13.8 Å². The number of fused-ring (bicyclic) bond motifs is 3. The third-order valence-corrected chi connectivity index (χ3v) is 3.95. The SMILES string of the molecule is CO[C@@H]1[C@@H](OC(C)=O)c2c(ccc3ccc(=O)oc23)OC1(C)C. The Hall–Kier alpha value is -2.34. The molecule has 0 aliphatic carbocycles. The van der Waals surface area contributed by atoms with E-state index in [2.05, 4.69) is 0 Å². The molecule has 1 aliphatic rings. The number of benzene rings is 1. The zero-order valence-electron chi connectivity index (χ0n) is 13.4. The Balaban J connectivity index is 2.30. The molecule has 0 radical (unpaired) electrons. The van der Waals surface area contributed by atoms with Crippen molar-refractivity contribution < 1.29 is 23.4 Å². The summed E-state index contributed by atoms with van der Waals surface area (Å²) in [5.41, 5.74) is -0.336. The summed E-state index contributed by atoms with van der Waals surface area (Å²) in [6.45, 7) is 5.04. The molecule has 0 saturated carbocycles. The first-order valence-electron chi connectivity index (χ1n) is 7.29. The molecule has 1 aromatic carbocycles. The number of carbonyl (C=O) groups excluding carboxylic acids is 1. The van der Waals surface area contributed by atoms with Crippen molar-refractivity contribution in [3.8, 4) is 5.75 Å². The van der Waals surface area contributed by atoms with Crippen LogP contribution in [0.3, 0.4) is 0 Å². The second-order valence-electron chi connectivity index (χ2n) is 6.04. The molecule has 122 valence electrons. The van der Waals surface area contributed by atoms with Crippen molar-refractivity contribution in [3.63, 3.8) is 0 Å². The van der Waals surface area contributed by atoms with Crippen molar-refractivity contribution in [2.75, 3.05) is 7.11 Å². The fraction of sp³-hybridized carbons (Fsp3) is 0.412. The van der Waals surface area contributed by atoms with E-state index in [-0.39, 0.29) is 0 Å². The van der Waals surface area contributed by atoms with E-state index in [0.29, 0.717) is 16.9 Å². The van der Waals surface area contributed by atoms with Crippen LogP contribution < -0.4 is 10.4 Å². The summed E-state index contributed by atoms with van der Waals surface area (Å²) in [6.07, 6.45) is -1.28. The smallest absolute Gasteiger partial charge is 0.336 e. The Labute approximate surface area is 132 Å². The van der Waals surface area contributed by atoms with Crippen molar-refractivity contribution in [1.29, 1.82) is 0 Å². The molecule has 0 bridgehead atoms. The molecular weight excluding hydrogens is 300 g/mol. The monoisotopic (exact) mass is 318 g/mol. The molecule has 3 rings (SSSR count). The lowest BCUT2D eigenvalue weighted by atomic mass is 9.87. The predicted octanol–water partition coefficient (Wildman–Crippen LogP) is 2.58. The molecule has 1 aromatic heterocycles. The number of hydrogen-bond donors (Lipinski definition) is 0. The fourth-order valence-electron chi connectivity index (χ4n) is 3.06. The number of methoxy groups -OCH3 is 1. The summed E-state index contributed by atoms with van der Waals surface area (Å²) in [5.74, 6) is 0.0624. The molecule has 2 atom stereocenters.